The van der Waals surface area contributed by atoms with Crippen LogP contribution in [0.3, 0.4) is 0 Å². The van der Waals surface area contributed by atoms with E-state index >= 15 is 0 Å². The minimum absolute atomic E-state index is 0.0910. The number of ether oxygens (including phenoxy) is 1. The smallest absolute Gasteiger partial charge is 0.341 e. The predicted molar refractivity (Wildman–Crippen MR) is 76.1 cm³/mol. The number of hydrogen-bond acceptors (Lipinski definition) is 3. The first kappa shape index (κ1) is 14.7. The Bertz CT molecular complexity index is 494. The van der Waals surface area contributed by atoms with Crippen molar-refractivity contribution in [2.75, 3.05) is 6.61 Å². The third kappa shape index (κ3) is 3.83. The van der Waals surface area contributed by atoms with Crippen LogP contribution >= 0.6 is 22.6 Å². The third-order valence-electron chi connectivity index (χ3n) is 2.30. The van der Waals surface area contributed by atoms with Crippen molar-refractivity contribution in [3.05, 3.63) is 39.5 Å². The average molecular weight is 360 g/mol. The quantitative estimate of drug-likeness (QED) is 0.481. The molecule has 0 aliphatic carbocycles. The molecular weight excluding hydrogens is 347 g/mol. The molecule has 0 amide bonds. The van der Waals surface area contributed by atoms with Gasteiger partial charge in [-0.15, -0.1) is 0 Å². The summed E-state index contributed by atoms with van der Waals surface area (Å²) in [7, 11) is 0. The minimum Gasteiger partial charge on any atom is -0.482 e. The fourth-order valence-electron chi connectivity index (χ4n) is 1.27. The van der Waals surface area contributed by atoms with Crippen LogP contribution in [0.5, 0.6) is 5.75 Å². The molecule has 1 aromatic rings. The highest BCUT2D eigenvalue weighted by Crippen LogP contribution is 2.22. The second-order valence-corrected chi connectivity index (χ2v) is 4.77. The van der Waals surface area contributed by atoms with E-state index in [0.717, 1.165) is 3.57 Å². The first-order chi connectivity index (χ1) is 8.45. The van der Waals surface area contributed by atoms with E-state index in [2.05, 4.69) is 6.58 Å². The Morgan fingerprint density at radius 2 is 2.11 bits per heavy atom. The highest BCUT2D eigenvalue weighted by atomic mass is 127. The summed E-state index contributed by atoms with van der Waals surface area (Å²) >= 11 is 2.02. The fraction of sp³-hybridized carbons (Fsp3) is 0.231. The molecule has 0 saturated heterocycles. The Hall–Kier alpha value is -1.37. The second-order valence-electron chi connectivity index (χ2n) is 3.61. The van der Waals surface area contributed by atoms with Crippen LogP contribution in [0.2, 0.25) is 0 Å². The van der Waals surface area contributed by atoms with Gasteiger partial charge in [0.2, 0.25) is 0 Å². The van der Waals surface area contributed by atoms with Gasteiger partial charge in [0.1, 0.15) is 5.75 Å². The molecule has 0 bridgehead atoms. The largest absolute Gasteiger partial charge is 0.482 e. The van der Waals surface area contributed by atoms with Crippen molar-refractivity contribution in [3.8, 4) is 5.75 Å². The first-order valence-electron chi connectivity index (χ1n) is 5.32. The van der Waals surface area contributed by atoms with Gasteiger partial charge in [0.25, 0.3) is 0 Å². The lowest BCUT2D eigenvalue weighted by molar-refractivity contribution is -0.139. The van der Waals surface area contributed by atoms with Gasteiger partial charge in [0.15, 0.2) is 12.4 Å². The monoisotopic (exact) mass is 360 g/mol. The molecule has 1 rings (SSSR count). The van der Waals surface area contributed by atoms with Crippen LogP contribution in [0.1, 0.15) is 23.7 Å². The molecule has 0 unspecified atom stereocenters. The minimum atomic E-state index is -1.04. The fourth-order valence-corrected chi connectivity index (χ4v) is 2.00. The van der Waals surface area contributed by atoms with E-state index in [1.807, 2.05) is 29.5 Å². The van der Waals surface area contributed by atoms with Crippen molar-refractivity contribution in [1.29, 1.82) is 0 Å². The molecule has 0 aliphatic rings. The summed E-state index contributed by atoms with van der Waals surface area (Å²) in [4.78, 5) is 22.3. The Kier molecular flexibility index (Phi) is 5.33. The summed E-state index contributed by atoms with van der Waals surface area (Å²) < 4.78 is 5.75. The summed E-state index contributed by atoms with van der Waals surface area (Å²) in [6.07, 6.45) is 0.603. The standard InChI is InChI=1S/C13H13IO4/c1-3-8(2)13(17)10-5-4-9(6-11(10)14)18-7-12(15)16/h4-6H,2-3,7H2,1H3,(H,15,16). The summed E-state index contributed by atoms with van der Waals surface area (Å²) in [5, 5.41) is 8.50. The van der Waals surface area contributed by atoms with Gasteiger partial charge in [-0.05, 0) is 52.8 Å². The normalized spacial score (nSPS) is 9.89. The van der Waals surface area contributed by atoms with Gasteiger partial charge in [0, 0.05) is 9.13 Å². The highest BCUT2D eigenvalue weighted by Gasteiger charge is 2.13. The number of carboxylic acids is 1. The van der Waals surface area contributed by atoms with Gasteiger partial charge >= 0.3 is 5.97 Å². The SMILES string of the molecule is C=C(CC)C(=O)c1ccc(OCC(=O)O)cc1I. The molecule has 0 aromatic heterocycles. The van der Waals surface area contributed by atoms with Gasteiger partial charge < -0.3 is 9.84 Å². The molecule has 1 N–H and O–H groups in total. The van der Waals surface area contributed by atoms with Crippen LogP contribution in [-0.2, 0) is 4.79 Å². The molecule has 0 aliphatic heterocycles. The van der Waals surface area contributed by atoms with E-state index in [1.54, 1.807) is 18.2 Å². The van der Waals surface area contributed by atoms with Crippen molar-refractivity contribution < 1.29 is 19.4 Å². The molecule has 0 fully saturated rings. The molecule has 0 radical (unpaired) electrons. The van der Waals surface area contributed by atoms with Gasteiger partial charge in [-0.2, -0.15) is 0 Å². The first-order valence-corrected chi connectivity index (χ1v) is 6.40. The number of hydrogen-bond donors (Lipinski definition) is 1. The van der Waals surface area contributed by atoms with Crippen LogP contribution in [0, 0.1) is 3.57 Å². The number of carbonyl (C=O) groups excluding carboxylic acids is 1. The zero-order valence-electron chi connectivity index (χ0n) is 9.90. The van der Waals surface area contributed by atoms with E-state index in [0.29, 0.717) is 23.3 Å². The van der Waals surface area contributed by atoms with E-state index < -0.39 is 12.6 Å². The second kappa shape index (κ2) is 6.53. The van der Waals surface area contributed by atoms with Gasteiger partial charge in [-0.25, -0.2) is 4.79 Å². The number of Topliss-reactive ketones (excluding diaryl/α,β-unsaturated/α-hetero) is 1. The Balaban J connectivity index is 2.89. The van der Waals surface area contributed by atoms with Crippen LogP contribution < -0.4 is 4.74 Å². The maximum Gasteiger partial charge on any atom is 0.341 e. The summed E-state index contributed by atoms with van der Waals surface area (Å²) in [5.74, 6) is -0.698. The van der Waals surface area contributed by atoms with Crippen molar-refractivity contribution >= 4 is 34.3 Å². The molecule has 0 atom stereocenters. The van der Waals surface area contributed by atoms with E-state index in [9.17, 15) is 9.59 Å². The average Bonchev–Trinajstić information content (AvgIpc) is 2.34. The van der Waals surface area contributed by atoms with Gasteiger partial charge in [-0.1, -0.05) is 13.5 Å². The van der Waals surface area contributed by atoms with Crippen LogP contribution in [0.15, 0.2) is 30.4 Å². The molecule has 5 heteroatoms. The highest BCUT2D eigenvalue weighted by molar-refractivity contribution is 14.1. The van der Waals surface area contributed by atoms with Crippen molar-refractivity contribution in [3.63, 3.8) is 0 Å². The van der Waals surface area contributed by atoms with Crippen LogP contribution in [0.25, 0.3) is 0 Å². The van der Waals surface area contributed by atoms with E-state index in [-0.39, 0.29) is 5.78 Å². The Morgan fingerprint density at radius 1 is 1.44 bits per heavy atom. The summed E-state index contributed by atoms with van der Waals surface area (Å²) in [6, 6.07) is 4.85. The Labute approximate surface area is 119 Å². The van der Waals surface area contributed by atoms with Crippen molar-refractivity contribution in [1.82, 2.24) is 0 Å². The molecular formula is C13H13IO4. The number of aliphatic carboxylic acids is 1. The van der Waals surface area contributed by atoms with Crippen LogP contribution in [0.4, 0.5) is 0 Å². The number of rotatable bonds is 6. The molecule has 0 saturated carbocycles. The van der Waals surface area contributed by atoms with Crippen molar-refractivity contribution in [2.24, 2.45) is 0 Å². The van der Waals surface area contributed by atoms with Crippen molar-refractivity contribution in [2.45, 2.75) is 13.3 Å². The number of allylic oxidation sites excluding steroid dienone is 1. The third-order valence-corrected chi connectivity index (χ3v) is 3.19. The molecule has 0 heterocycles. The number of carbonyl (C=O) groups is 2. The Morgan fingerprint density at radius 3 is 2.61 bits per heavy atom. The molecule has 1 aromatic carbocycles. The number of benzene rings is 1. The van der Waals surface area contributed by atoms with Crippen LogP contribution in [-0.4, -0.2) is 23.5 Å². The predicted octanol–water partition coefficient (Wildman–Crippen LogP) is 2.90. The lowest BCUT2D eigenvalue weighted by atomic mass is 10.0. The number of ketones is 1. The zero-order chi connectivity index (χ0) is 13.7. The lowest BCUT2D eigenvalue weighted by Gasteiger charge is -2.08. The summed E-state index contributed by atoms with van der Waals surface area (Å²) in [6.45, 7) is 5.19. The molecule has 4 nitrogen and oxygen atoms in total. The lowest BCUT2D eigenvalue weighted by Crippen LogP contribution is -2.10. The number of carboxylic acid groups (broad SMARTS) is 1. The molecule has 18 heavy (non-hydrogen) atoms. The van der Waals surface area contributed by atoms with Gasteiger partial charge in [-0.3, -0.25) is 4.79 Å². The van der Waals surface area contributed by atoms with E-state index in [4.69, 9.17) is 9.84 Å². The number of halogens is 1. The maximum atomic E-state index is 11.9. The zero-order valence-corrected chi connectivity index (χ0v) is 12.1. The topological polar surface area (TPSA) is 63.6 Å². The molecule has 0 spiro atoms. The molecule has 96 valence electrons. The van der Waals surface area contributed by atoms with E-state index in [1.165, 1.54) is 0 Å². The van der Waals surface area contributed by atoms with Gasteiger partial charge in [0.05, 0.1) is 0 Å². The summed E-state index contributed by atoms with van der Waals surface area (Å²) in [5.41, 5.74) is 1.11. The maximum absolute atomic E-state index is 11.9.